The van der Waals surface area contributed by atoms with Crippen molar-refractivity contribution < 1.29 is 19.4 Å². The molecule has 0 heterocycles. The minimum atomic E-state index is -0.860. The first-order valence-electron chi connectivity index (χ1n) is 8.38. The highest BCUT2D eigenvalue weighted by Gasteiger charge is 2.39. The molecule has 0 bridgehead atoms. The van der Waals surface area contributed by atoms with Gasteiger partial charge in [0.25, 0.3) is 0 Å². The Morgan fingerprint density at radius 3 is 2.62 bits per heavy atom. The average Bonchev–Trinajstić information content (AvgIpc) is 3.16. The van der Waals surface area contributed by atoms with Crippen molar-refractivity contribution in [2.24, 2.45) is 11.8 Å². The van der Waals surface area contributed by atoms with Crippen LogP contribution < -0.4 is 4.74 Å². The highest BCUT2D eigenvalue weighted by Crippen LogP contribution is 2.46. The summed E-state index contributed by atoms with van der Waals surface area (Å²) in [4.78, 5) is 23.3. The summed E-state index contributed by atoms with van der Waals surface area (Å²) < 4.78 is 5.60. The molecule has 0 aliphatic heterocycles. The Hall–Kier alpha value is -1.26. The van der Waals surface area contributed by atoms with Crippen LogP contribution in [0.5, 0.6) is 5.75 Å². The predicted octanol–water partition coefficient (Wildman–Crippen LogP) is 4.78. The average molecular weight is 371 g/mol. The molecule has 3 rings (SSSR count). The highest BCUT2D eigenvalue weighted by molar-refractivity contribution is 6.45. The fraction of sp³-hybridized carbons (Fsp3) is 0.556. The van der Waals surface area contributed by atoms with E-state index in [4.69, 9.17) is 33.0 Å². The lowest BCUT2D eigenvalue weighted by atomic mass is 9.88. The molecule has 0 aromatic heterocycles. The molecular formula is C18H20Cl2O4. The van der Waals surface area contributed by atoms with Crippen LogP contribution in [-0.2, 0) is 11.2 Å². The first kappa shape index (κ1) is 17.6. The Labute approximate surface area is 151 Å². The molecule has 24 heavy (non-hydrogen) atoms. The second-order valence-corrected chi connectivity index (χ2v) is 7.36. The fourth-order valence-electron chi connectivity index (χ4n) is 3.85. The summed E-state index contributed by atoms with van der Waals surface area (Å²) in [5.74, 6) is 0.145. The van der Waals surface area contributed by atoms with Crippen molar-refractivity contribution in [3.8, 4) is 5.75 Å². The monoisotopic (exact) mass is 370 g/mol. The van der Waals surface area contributed by atoms with Crippen molar-refractivity contribution in [1.82, 2.24) is 0 Å². The van der Waals surface area contributed by atoms with E-state index in [0.29, 0.717) is 30.1 Å². The fourth-order valence-corrected chi connectivity index (χ4v) is 4.36. The minimum absolute atomic E-state index is 0.0123. The highest BCUT2D eigenvalue weighted by atomic mass is 35.5. The molecule has 2 aliphatic rings. The molecule has 1 fully saturated rings. The number of halogens is 2. The van der Waals surface area contributed by atoms with E-state index in [0.717, 1.165) is 18.4 Å². The molecule has 6 heteroatoms. The third-order valence-corrected chi connectivity index (χ3v) is 5.89. The number of ether oxygens (including phenoxy) is 1. The molecule has 1 atom stereocenters. The van der Waals surface area contributed by atoms with Crippen LogP contribution in [0.3, 0.4) is 0 Å². The zero-order valence-electron chi connectivity index (χ0n) is 13.3. The molecule has 1 aromatic rings. The third-order valence-electron chi connectivity index (χ3n) is 5.04. The Morgan fingerprint density at radius 1 is 1.25 bits per heavy atom. The van der Waals surface area contributed by atoms with Gasteiger partial charge in [-0.15, -0.1) is 0 Å². The normalized spacial score (nSPS) is 20.4. The van der Waals surface area contributed by atoms with Gasteiger partial charge in [0.1, 0.15) is 10.8 Å². The number of hydrogen-bond donors (Lipinski definition) is 1. The zero-order valence-corrected chi connectivity index (χ0v) is 14.8. The van der Waals surface area contributed by atoms with E-state index < -0.39 is 5.97 Å². The van der Waals surface area contributed by atoms with E-state index in [2.05, 4.69) is 0 Å². The predicted molar refractivity (Wildman–Crippen MR) is 92.3 cm³/mol. The number of carboxylic acid groups (broad SMARTS) is 1. The van der Waals surface area contributed by atoms with Crippen LogP contribution in [0.2, 0.25) is 10.0 Å². The Balaban J connectivity index is 1.77. The largest absolute Gasteiger partial charge is 0.492 e. The molecule has 4 nitrogen and oxygen atoms in total. The van der Waals surface area contributed by atoms with Crippen LogP contribution in [0.15, 0.2) is 6.07 Å². The molecule has 2 aliphatic carbocycles. The smallest absolute Gasteiger partial charge is 0.303 e. The van der Waals surface area contributed by atoms with Gasteiger partial charge in [0.15, 0.2) is 5.78 Å². The Bertz CT molecular complexity index is 665. The molecule has 1 unspecified atom stereocenters. The molecule has 0 saturated heterocycles. The Morgan fingerprint density at radius 2 is 1.96 bits per heavy atom. The van der Waals surface area contributed by atoms with E-state index in [1.54, 1.807) is 6.07 Å². The van der Waals surface area contributed by atoms with E-state index in [1.807, 2.05) is 0 Å². The minimum Gasteiger partial charge on any atom is -0.492 e. The van der Waals surface area contributed by atoms with Gasteiger partial charge < -0.3 is 9.84 Å². The van der Waals surface area contributed by atoms with Crippen LogP contribution in [0.1, 0.15) is 54.4 Å². The van der Waals surface area contributed by atoms with Gasteiger partial charge in [-0.2, -0.15) is 0 Å². The van der Waals surface area contributed by atoms with E-state index in [1.165, 1.54) is 12.8 Å². The van der Waals surface area contributed by atoms with Gasteiger partial charge in [0.05, 0.1) is 11.6 Å². The summed E-state index contributed by atoms with van der Waals surface area (Å²) in [6.45, 7) is 0.251. The number of ketones is 1. The SMILES string of the molecule is O=C(O)CCCOc1cc2c(c(Cl)c1Cl)C(=O)C(C1CCCC1)C2. The van der Waals surface area contributed by atoms with Gasteiger partial charge in [0.2, 0.25) is 0 Å². The summed E-state index contributed by atoms with van der Waals surface area (Å²) in [5.41, 5.74) is 1.45. The molecule has 1 aromatic carbocycles. The topological polar surface area (TPSA) is 63.6 Å². The molecule has 130 valence electrons. The summed E-state index contributed by atoms with van der Waals surface area (Å²) >= 11 is 12.6. The number of benzene rings is 1. The van der Waals surface area contributed by atoms with Gasteiger partial charge in [-0.1, -0.05) is 36.0 Å². The number of carbonyl (C=O) groups excluding carboxylic acids is 1. The number of carboxylic acids is 1. The zero-order chi connectivity index (χ0) is 17.3. The second-order valence-electron chi connectivity index (χ2n) is 6.60. The van der Waals surface area contributed by atoms with Crippen LogP contribution in [-0.4, -0.2) is 23.5 Å². The van der Waals surface area contributed by atoms with E-state index >= 15 is 0 Å². The third kappa shape index (κ3) is 3.40. The molecule has 0 amide bonds. The van der Waals surface area contributed by atoms with Gasteiger partial charge >= 0.3 is 5.97 Å². The summed E-state index contributed by atoms with van der Waals surface area (Å²) in [6.07, 6.45) is 5.72. The van der Waals surface area contributed by atoms with Crippen molar-refractivity contribution in [2.75, 3.05) is 6.61 Å². The maximum atomic E-state index is 12.8. The molecule has 0 spiro atoms. The Kier molecular flexibility index (Phi) is 5.36. The van der Waals surface area contributed by atoms with Crippen molar-refractivity contribution in [3.63, 3.8) is 0 Å². The van der Waals surface area contributed by atoms with Gasteiger partial charge in [0, 0.05) is 17.9 Å². The summed E-state index contributed by atoms with van der Waals surface area (Å²) in [5, 5.41) is 9.17. The number of fused-ring (bicyclic) bond motifs is 1. The number of rotatable bonds is 6. The number of aliphatic carboxylic acids is 1. The molecule has 1 saturated carbocycles. The number of hydrogen-bond acceptors (Lipinski definition) is 3. The lowest BCUT2D eigenvalue weighted by Gasteiger charge is -2.15. The van der Waals surface area contributed by atoms with E-state index in [-0.39, 0.29) is 34.8 Å². The maximum absolute atomic E-state index is 12.8. The van der Waals surface area contributed by atoms with Gasteiger partial charge in [-0.05, 0) is 43.2 Å². The lowest BCUT2D eigenvalue weighted by Crippen LogP contribution is -2.18. The number of Topliss-reactive ketones (excluding diaryl/α,β-unsaturated/α-hetero) is 1. The van der Waals surface area contributed by atoms with Crippen LogP contribution >= 0.6 is 23.2 Å². The first-order valence-corrected chi connectivity index (χ1v) is 9.14. The van der Waals surface area contributed by atoms with Crippen LogP contribution in [0.4, 0.5) is 0 Å². The van der Waals surface area contributed by atoms with Crippen molar-refractivity contribution in [1.29, 1.82) is 0 Å². The molecular weight excluding hydrogens is 351 g/mol. The van der Waals surface area contributed by atoms with Crippen molar-refractivity contribution in [3.05, 3.63) is 27.2 Å². The van der Waals surface area contributed by atoms with Crippen LogP contribution in [0.25, 0.3) is 0 Å². The quantitative estimate of drug-likeness (QED) is 0.731. The van der Waals surface area contributed by atoms with Crippen molar-refractivity contribution in [2.45, 2.75) is 44.9 Å². The second kappa shape index (κ2) is 7.32. The summed E-state index contributed by atoms with van der Waals surface area (Å²) in [7, 11) is 0. The molecule has 1 N–H and O–H groups in total. The maximum Gasteiger partial charge on any atom is 0.303 e. The van der Waals surface area contributed by atoms with Crippen molar-refractivity contribution >= 4 is 35.0 Å². The summed E-state index contributed by atoms with van der Waals surface area (Å²) in [6, 6.07) is 1.80. The van der Waals surface area contributed by atoms with Crippen LogP contribution in [0, 0.1) is 11.8 Å². The standard InChI is InChI=1S/C18H20Cl2O4/c19-16-13(24-7-3-6-14(21)22)9-11-8-12(10-4-1-2-5-10)18(23)15(11)17(16)20/h9-10,12H,1-8H2,(H,21,22). The van der Waals surface area contributed by atoms with Gasteiger partial charge in [-0.3, -0.25) is 9.59 Å². The molecule has 0 radical (unpaired) electrons. The van der Waals surface area contributed by atoms with Gasteiger partial charge in [-0.25, -0.2) is 0 Å². The lowest BCUT2D eigenvalue weighted by molar-refractivity contribution is -0.137. The number of carbonyl (C=O) groups is 2. The van der Waals surface area contributed by atoms with E-state index in [9.17, 15) is 9.59 Å². The first-order chi connectivity index (χ1) is 11.5.